The minimum Gasteiger partial charge on any atom is -0.256 e. The fraction of sp³-hybridized carbons (Fsp3) is 0. The Hall–Kier alpha value is -7.81. The zero-order valence-corrected chi connectivity index (χ0v) is 30.1. The molecule has 0 saturated carbocycles. The van der Waals surface area contributed by atoms with Crippen LogP contribution in [-0.4, -0.2) is 19.9 Å². The highest BCUT2D eigenvalue weighted by atomic mass is 15.0. The average Bonchev–Trinajstić information content (AvgIpc) is 3.29. The van der Waals surface area contributed by atoms with Crippen molar-refractivity contribution in [3.05, 3.63) is 194 Å². The second-order valence-electron chi connectivity index (χ2n) is 13.8. The molecule has 0 spiro atoms. The highest BCUT2D eigenvalue weighted by Gasteiger charge is 2.17. The van der Waals surface area contributed by atoms with Gasteiger partial charge in [0.15, 0.2) is 17.5 Å². The molecule has 0 radical (unpaired) electrons. The summed E-state index contributed by atoms with van der Waals surface area (Å²) in [6, 6.07) is 64.6. The number of hydrogen-bond acceptors (Lipinski definition) is 5. The third-order valence-electron chi connectivity index (χ3n) is 10.4. The van der Waals surface area contributed by atoms with Gasteiger partial charge in [-0.1, -0.05) is 140 Å². The van der Waals surface area contributed by atoms with Crippen molar-refractivity contribution in [2.75, 3.05) is 0 Å². The molecule has 0 unspecified atom stereocenters. The molecule has 5 nitrogen and oxygen atoms in total. The smallest absolute Gasteiger partial charge is 0.164 e. The van der Waals surface area contributed by atoms with E-state index in [-0.39, 0.29) is 0 Å². The van der Waals surface area contributed by atoms with Crippen LogP contribution in [0.3, 0.4) is 0 Å². The summed E-state index contributed by atoms with van der Waals surface area (Å²) in [6.07, 6.45) is 1.87. The van der Waals surface area contributed by atoms with Gasteiger partial charge in [-0.2, -0.15) is 5.26 Å². The molecule has 56 heavy (non-hydrogen) atoms. The third kappa shape index (κ3) is 5.92. The highest BCUT2D eigenvalue weighted by molar-refractivity contribution is 6.23. The van der Waals surface area contributed by atoms with Gasteiger partial charge in [-0.3, -0.25) is 4.98 Å². The summed E-state index contributed by atoms with van der Waals surface area (Å²) < 4.78 is 0. The van der Waals surface area contributed by atoms with E-state index in [1.165, 1.54) is 0 Å². The fourth-order valence-corrected chi connectivity index (χ4v) is 7.68. The van der Waals surface area contributed by atoms with E-state index in [4.69, 9.17) is 19.9 Å². The normalized spacial score (nSPS) is 11.2. The Morgan fingerprint density at radius 2 is 0.821 bits per heavy atom. The Balaban J connectivity index is 1.15. The van der Waals surface area contributed by atoms with Crippen LogP contribution in [0, 0.1) is 11.3 Å². The number of pyridine rings is 1. The van der Waals surface area contributed by atoms with Crippen molar-refractivity contribution in [2.24, 2.45) is 0 Å². The monoisotopic (exact) mass is 713 g/mol. The van der Waals surface area contributed by atoms with Crippen molar-refractivity contribution in [3.63, 3.8) is 0 Å². The van der Waals surface area contributed by atoms with Crippen LogP contribution in [0.25, 0.3) is 100.0 Å². The Morgan fingerprint density at radius 1 is 0.339 bits per heavy atom. The number of aromatic nitrogens is 4. The van der Waals surface area contributed by atoms with Gasteiger partial charge < -0.3 is 0 Å². The molecule has 260 valence electrons. The molecular formula is C51H31N5. The Morgan fingerprint density at radius 3 is 1.52 bits per heavy atom. The van der Waals surface area contributed by atoms with Crippen LogP contribution in [0.15, 0.2) is 188 Å². The molecule has 10 aromatic rings. The fourth-order valence-electron chi connectivity index (χ4n) is 7.68. The van der Waals surface area contributed by atoms with Crippen LogP contribution < -0.4 is 0 Å². The second-order valence-corrected chi connectivity index (χ2v) is 13.8. The summed E-state index contributed by atoms with van der Waals surface area (Å²) in [5.41, 5.74) is 10.7. The second kappa shape index (κ2) is 13.9. The molecule has 10 rings (SSSR count). The molecule has 0 aliphatic carbocycles. The maximum Gasteiger partial charge on any atom is 0.164 e. The van der Waals surface area contributed by atoms with E-state index in [2.05, 4.69) is 97.1 Å². The molecule has 0 bridgehead atoms. The first kappa shape index (κ1) is 32.8. The van der Waals surface area contributed by atoms with Crippen LogP contribution in [0.2, 0.25) is 0 Å². The van der Waals surface area contributed by atoms with Crippen molar-refractivity contribution >= 4 is 32.4 Å². The lowest BCUT2D eigenvalue weighted by Crippen LogP contribution is -2.00. The molecule has 0 amide bonds. The van der Waals surface area contributed by atoms with Gasteiger partial charge in [0, 0.05) is 33.8 Å². The zero-order chi connectivity index (χ0) is 37.4. The van der Waals surface area contributed by atoms with Crippen LogP contribution in [0.4, 0.5) is 0 Å². The van der Waals surface area contributed by atoms with Crippen LogP contribution in [-0.2, 0) is 0 Å². The molecule has 0 aliphatic heterocycles. The standard InChI is InChI=1S/C51H31N5/c52-32-33-13-9-18-36(27-33)37-19-10-21-39(28-37)45-31-46-42-24-8-7-23-41(42)44(30-47(46)43-25-12-26-53-48(43)45)38-20-11-22-40(29-38)51-55-49(34-14-3-1-4-15-34)54-50(56-51)35-16-5-2-6-17-35/h1-31H. The van der Waals surface area contributed by atoms with Gasteiger partial charge >= 0.3 is 0 Å². The van der Waals surface area contributed by atoms with Crippen LogP contribution in [0.5, 0.6) is 0 Å². The molecule has 2 aromatic heterocycles. The predicted octanol–water partition coefficient (Wildman–Crippen LogP) is 12.6. The topological polar surface area (TPSA) is 75.3 Å². The van der Waals surface area contributed by atoms with Crippen LogP contribution >= 0.6 is 0 Å². The third-order valence-corrected chi connectivity index (χ3v) is 10.4. The summed E-state index contributed by atoms with van der Waals surface area (Å²) in [5.74, 6) is 1.88. The molecule has 0 N–H and O–H groups in total. The number of rotatable bonds is 6. The average molecular weight is 714 g/mol. The van der Waals surface area contributed by atoms with E-state index >= 15 is 0 Å². The SMILES string of the molecule is N#Cc1cccc(-c2cccc(-c3cc4c5ccccc5c(-c5cccc(-c6nc(-c7ccccc7)nc(-c7ccccc7)n6)c5)cc4c4cccnc34)c2)c1. The summed E-state index contributed by atoms with van der Waals surface area (Å²) in [6.45, 7) is 0. The van der Waals surface area contributed by atoms with Gasteiger partial charge in [-0.15, -0.1) is 0 Å². The first-order valence-corrected chi connectivity index (χ1v) is 18.5. The molecule has 2 heterocycles. The number of nitriles is 1. The van der Waals surface area contributed by atoms with Crippen molar-refractivity contribution in [1.82, 2.24) is 19.9 Å². The number of nitrogens with zero attached hydrogens (tertiary/aromatic N) is 5. The Bertz CT molecular complexity index is 3090. The van der Waals surface area contributed by atoms with Gasteiger partial charge in [0.05, 0.1) is 17.1 Å². The lowest BCUT2D eigenvalue weighted by Gasteiger charge is -2.16. The quantitative estimate of drug-likeness (QED) is 0.160. The van der Waals surface area contributed by atoms with Gasteiger partial charge in [0.2, 0.25) is 0 Å². The van der Waals surface area contributed by atoms with Crippen molar-refractivity contribution < 1.29 is 0 Å². The van der Waals surface area contributed by atoms with Gasteiger partial charge in [-0.25, -0.2) is 15.0 Å². The summed E-state index contributed by atoms with van der Waals surface area (Å²) >= 11 is 0. The van der Waals surface area contributed by atoms with Crippen molar-refractivity contribution in [1.29, 1.82) is 5.26 Å². The van der Waals surface area contributed by atoms with Crippen LogP contribution in [0.1, 0.15) is 5.56 Å². The maximum atomic E-state index is 9.54. The van der Waals surface area contributed by atoms with E-state index in [0.717, 1.165) is 82.5 Å². The summed E-state index contributed by atoms with van der Waals surface area (Å²) in [4.78, 5) is 19.9. The molecule has 0 aliphatic rings. The van der Waals surface area contributed by atoms with Crippen molar-refractivity contribution in [2.45, 2.75) is 0 Å². The lowest BCUT2D eigenvalue weighted by atomic mass is 9.88. The number of benzene rings is 8. The van der Waals surface area contributed by atoms with E-state index in [9.17, 15) is 5.26 Å². The summed E-state index contributed by atoms with van der Waals surface area (Å²) in [7, 11) is 0. The molecule has 0 fully saturated rings. The van der Waals surface area contributed by atoms with E-state index in [1.807, 2.05) is 97.2 Å². The van der Waals surface area contributed by atoms with Gasteiger partial charge in [-0.05, 0) is 91.8 Å². The number of hydrogen-bond donors (Lipinski definition) is 0. The molecule has 0 saturated heterocycles. The largest absolute Gasteiger partial charge is 0.256 e. The summed E-state index contributed by atoms with van der Waals surface area (Å²) in [5, 5.41) is 15.2. The predicted molar refractivity (Wildman–Crippen MR) is 227 cm³/mol. The highest BCUT2D eigenvalue weighted by Crippen LogP contribution is 2.42. The van der Waals surface area contributed by atoms with E-state index in [1.54, 1.807) is 0 Å². The zero-order valence-electron chi connectivity index (χ0n) is 30.1. The first-order valence-electron chi connectivity index (χ1n) is 18.5. The Labute approximate surface area is 323 Å². The maximum absolute atomic E-state index is 9.54. The molecular weight excluding hydrogens is 683 g/mol. The first-order chi connectivity index (χ1) is 27.7. The molecule has 5 heteroatoms. The van der Waals surface area contributed by atoms with Gasteiger partial charge in [0.1, 0.15) is 0 Å². The van der Waals surface area contributed by atoms with E-state index < -0.39 is 0 Å². The van der Waals surface area contributed by atoms with E-state index in [0.29, 0.717) is 23.0 Å². The molecule has 8 aromatic carbocycles. The Kier molecular flexibility index (Phi) is 8.13. The van der Waals surface area contributed by atoms with Gasteiger partial charge in [0.25, 0.3) is 0 Å². The number of fused-ring (bicyclic) bond motifs is 5. The minimum absolute atomic E-state index is 0.616. The minimum atomic E-state index is 0.616. The molecule has 0 atom stereocenters. The lowest BCUT2D eigenvalue weighted by molar-refractivity contribution is 1.07. The van der Waals surface area contributed by atoms with Crippen molar-refractivity contribution in [3.8, 4) is 73.6 Å².